The monoisotopic (exact) mass is 408 g/mol. The molecule has 0 aliphatic rings. The molecule has 0 unspecified atom stereocenters. The van der Waals surface area contributed by atoms with Crippen LogP contribution in [0.2, 0.25) is 0 Å². The molecular weight excluding hydrogens is 388 g/mol. The number of alkyl carbamates (subject to hydrolysis) is 1. The highest BCUT2D eigenvalue weighted by Crippen LogP contribution is 2.14. The normalized spacial score (nSPS) is 11.0. The SMILES string of the molecule is CC(C)(C)OC(=O)NCCNC(=O)c1cnn(-c2ccc(Br)cc2)c1. The molecule has 2 N–H and O–H groups in total. The molecule has 1 aromatic carbocycles. The van der Waals surface area contributed by atoms with Gasteiger partial charge >= 0.3 is 6.09 Å². The van der Waals surface area contributed by atoms with Gasteiger partial charge in [0.2, 0.25) is 0 Å². The fraction of sp³-hybridized carbons (Fsp3) is 0.353. The molecule has 0 saturated heterocycles. The van der Waals surface area contributed by atoms with Gasteiger partial charge in [0.1, 0.15) is 5.60 Å². The van der Waals surface area contributed by atoms with Gasteiger partial charge in [-0.2, -0.15) is 5.10 Å². The second-order valence-corrected chi connectivity index (χ2v) is 7.25. The van der Waals surface area contributed by atoms with E-state index in [-0.39, 0.29) is 12.5 Å². The van der Waals surface area contributed by atoms with Crippen LogP contribution in [-0.4, -0.2) is 40.5 Å². The van der Waals surface area contributed by atoms with Crippen LogP contribution in [0.1, 0.15) is 31.1 Å². The van der Waals surface area contributed by atoms with Crippen molar-refractivity contribution < 1.29 is 14.3 Å². The minimum absolute atomic E-state index is 0.255. The molecule has 0 saturated carbocycles. The second-order valence-electron chi connectivity index (χ2n) is 6.33. The highest BCUT2D eigenvalue weighted by atomic mass is 79.9. The highest BCUT2D eigenvalue weighted by molar-refractivity contribution is 9.10. The standard InChI is InChI=1S/C17H21BrN4O3/c1-17(2,3)25-16(24)20-9-8-19-15(23)12-10-21-22(11-12)14-6-4-13(18)5-7-14/h4-7,10-11H,8-9H2,1-3H3,(H,19,23)(H,20,24). The third-order valence-corrected chi connectivity index (χ3v) is 3.54. The van der Waals surface area contributed by atoms with Crippen molar-refractivity contribution in [3.8, 4) is 5.69 Å². The van der Waals surface area contributed by atoms with E-state index in [0.29, 0.717) is 12.1 Å². The smallest absolute Gasteiger partial charge is 0.407 e. The van der Waals surface area contributed by atoms with Crippen LogP contribution in [0.4, 0.5) is 4.79 Å². The lowest BCUT2D eigenvalue weighted by molar-refractivity contribution is 0.0526. The van der Waals surface area contributed by atoms with Crippen molar-refractivity contribution in [3.63, 3.8) is 0 Å². The Hall–Kier alpha value is -2.35. The molecule has 1 heterocycles. The van der Waals surface area contributed by atoms with Gasteiger partial charge in [-0.3, -0.25) is 4.79 Å². The number of hydrogen-bond donors (Lipinski definition) is 2. The molecule has 0 atom stereocenters. The number of benzene rings is 1. The van der Waals surface area contributed by atoms with E-state index in [1.807, 2.05) is 24.3 Å². The van der Waals surface area contributed by atoms with Crippen LogP contribution in [-0.2, 0) is 4.74 Å². The molecule has 25 heavy (non-hydrogen) atoms. The van der Waals surface area contributed by atoms with Gasteiger partial charge in [0.05, 0.1) is 17.4 Å². The van der Waals surface area contributed by atoms with E-state index in [2.05, 4.69) is 31.7 Å². The molecule has 2 rings (SSSR count). The van der Waals surface area contributed by atoms with Crippen LogP contribution in [0.3, 0.4) is 0 Å². The summed E-state index contributed by atoms with van der Waals surface area (Å²) < 4.78 is 7.71. The molecule has 0 spiro atoms. The minimum Gasteiger partial charge on any atom is -0.444 e. The number of carbonyl (C=O) groups is 2. The van der Waals surface area contributed by atoms with Gasteiger partial charge in [0.15, 0.2) is 0 Å². The van der Waals surface area contributed by atoms with Gasteiger partial charge in [-0.05, 0) is 45.0 Å². The molecule has 0 radical (unpaired) electrons. The van der Waals surface area contributed by atoms with E-state index < -0.39 is 11.7 Å². The fourth-order valence-electron chi connectivity index (χ4n) is 1.93. The Morgan fingerprint density at radius 3 is 2.44 bits per heavy atom. The lowest BCUT2D eigenvalue weighted by atomic mass is 10.2. The molecule has 2 amide bonds. The van der Waals surface area contributed by atoms with Crippen molar-refractivity contribution in [2.24, 2.45) is 0 Å². The molecule has 8 heteroatoms. The number of amides is 2. The van der Waals surface area contributed by atoms with Crippen molar-refractivity contribution in [2.75, 3.05) is 13.1 Å². The number of ether oxygens (including phenoxy) is 1. The zero-order valence-electron chi connectivity index (χ0n) is 14.4. The van der Waals surface area contributed by atoms with Gasteiger partial charge in [-0.25, -0.2) is 9.48 Å². The third-order valence-electron chi connectivity index (χ3n) is 3.01. The number of halogens is 1. The summed E-state index contributed by atoms with van der Waals surface area (Å²) in [6, 6.07) is 7.59. The first-order valence-corrected chi connectivity index (χ1v) is 8.59. The largest absolute Gasteiger partial charge is 0.444 e. The van der Waals surface area contributed by atoms with Crippen molar-refractivity contribution in [2.45, 2.75) is 26.4 Å². The number of aromatic nitrogens is 2. The maximum atomic E-state index is 12.1. The Bertz CT molecular complexity index is 735. The number of rotatable bonds is 5. The molecule has 0 aliphatic carbocycles. The van der Waals surface area contributed by atoms with Gasteiger partial charge in [-0.15, -0.1) is 0 Å². The zero-order chi connectivity index (χ0) is 18.4. The quantitative estimate of drug-likeness (QED) is 0.744. The number of nitrogens with one attached hydrogen (secondary N) is 2. The van der Waals surface area contributed by atoms with Crippen LogP contribution in [0, 0.1) is 0 Å². The number of hydrogen-bond acceptors (Lipinski definition) is 4. The van der Waals surface area contributed by atoms with Crippen LogP contribution >= 0.6 is 15.9 Å². The first-order valence-electron chi connectivity index (χ1n) is 7.80. The van der Waals surface area contributed by atoms with Crippen molar-refractivity contribution in [3.05, 3.63) is 46.7 Å². The summed E-state index contributed by atoms with van der Waals surface area (Å²) in [7, 11) is 0. The van der Waals surface area contributed by atoms with E-state index in [4.69, 9.17) is 4.74 Å². The molecule has 0 fully saturated rings. The molecule has 7 nitrogen and oxygen atoms in total. The summed E-state index contributed by atoms with van der Waals surface area (Å²) >= 11 is 3.38. The van der Waals surface area contributed by atoms with E-state index in [0.717, 1.165) is 10.2 Å². The van der Waals surface area contributed by atoms with Gasteiger partial charge < -0.3 is 15.4 Å². The molecule has 1 aromatic heterocycles. The van der Waals surface area contributed by atoms with Crippen molar-refractivity contribution in [1.82, 2.24) is 20.4 Å². The molecule has 0 bridgehead atoms. The third kappa shape index (κ3) is 6.22. The Morgan fingerprint density at radius 2 is 1.80 bits per heavy atom. The number of carbonyl (C=O) groups excluding carboxylic acids is 2. The summed E-state index contributed by atoms with van der Waals surface area (Å²) in [4.78, 5) is 23.6. The average Bonchev–Trinajstić information content (AvgIpc) is 3.00. The molecule has 134 valence electrons. The second kappa shape index (κ2) is 8.15. The Labute approximate surface area is 154 Å². The van der Waals surface area contributed by atoms with Gasteiger partial charge in [0.25, 0.3) is 5.91 Å². The summed E-state index contributed by atoms with van der Waals surface area (Å²) in [5, 5.41) is 9.49. The topological polar surface area (TPSA) is 85.2 Å². The first kappa shape index (κ1) is 19.0. The lowest BCUT2D eigenvalue weighted by Gasteiger charge is -2.19. The van der Waals surface area contributed by atoms with E-state index in [1.165, 1.54) is 6.20 Å². The zero-order valence-corrected chi connectivity index (χ0v) is 16.0. The fourth-order valence-corrected chi connectivity index (χ4v) is 2.20. The lowest BCUT2D eigenvalue weighted by Crippen LogP contribution is -2.37. The molecule has 2 aromatic rings. The van der Waals surface area contributed by atoms with Gasteiger partial charge in [0, 0.05) is 23.8 Å². The first-order chi connectivity index (χ1) is 11.7. The van der Waals surface area contributed by atoms with Crippen molar-refractivity contribution >= 4 is 27.9 Å². The average molecular weight is 409 g/mol. The van der Waals surface area contributed by atoms with Crippen LogP contribution in [0.15, 0.2) is 41.1 Å². The van der Waals surface area contributed by atoms with Crippen LogP contribution in [0.25, 0.3) is 5.69 Å². The van der Waals surface area contributed by atoms with Crippen LogP contribution < -0.4 is 10.6 Å². The van der Waals surface area contributed by atoms with Gasteiger partial charge in [-0.1, -0.05) is 15.9 Å². The predicted molar refractivity (Wildman–Crippen MR) is 97.8 cm³/mol. The van der Waals surface area contributed by atoms with E-state index in [9.17, 15) is 9.59 Å². The Morgan fingerprint density at radius 1 is 1.16 bits per heavy atom. The Balaban J connectivity index is 1.80. The maximum Gasteiger partial charge on any atom is 0.407 e. The van der Waals surface area contributed by atoms with E-state index in [1.54, 1.807) is 31.6 Å². The van der Waals surface area contributed by atoms with Crippen molar-refractivity contribution in [1.29, 1.82) is 0 Å². The molecular formula is C17H21BrN4O3. The predicted octanol–water partition coefficient (Wildman–Crippen LogP) is 2.89. The highest BCUT2D eigenvalue weighted by Gasteiger charge is 2.15. The molecule has 0 aliphatic heterocycles. The maximum absolute atomic E-state index is 12.1. The van der Waals surface area contributed by atoms with E-state index >= 15 is 0 Å². The summed E-state index contributed by atoms with van der Waals surface area (Å²) in [5.74, 6) is -0.255. The summed E-state index contributed by atoms with van der Waals surface area (Å²) in [5.41, 5.74) is 0.753. The Kier molecular flexibility index (Phi) is 6.19. The summed E-state index contributed by atoms with van der Waals surface area (Å²) in [6.07, 6.45) is 2.64. The summed E-state index contributed by atoms with van der Waals surface area (Å²) in [6.45, 7) is 5.94. The minimum atomic E-state index is -0.547. The number of nitrogens with zero attached hydrogens (tertiary/aromatic N) is 2. The van der Waals surface area contributed by atoms with Crippen LogP contribution in [0.5, 0.6) is 0 Å².